The van der Waals surface area contributed by atoms with Crippen LogP contribution >= 0.6 is 0 Å². The molecule has 3 rings (SSSR count). The van der Waals surface area contributed by atoms with Gasteiger partial charge in [0.05, 0.1) is 13.2 Å². The largest absolute Gasteiger partial charge is 0.465 e. The Hall–Kier alpha value is -2.02. The molecular weight excluding hydrogens is 284 g/mol. The summed E-state index contributed by atoms with van der Waals surface area (Å²) in [6.07, 6.45) is 2.62. The van der Waals surface area contributed by atoms with Crippen LogP contribution in [0.2, 0.25) is 0 Å². The molecule has 2 aliphatic rings. The minimum absolute atomic E-state index is 0.293. The average molecular weight is 306 g/mol. The highest BCUT2D eigenvalue weighted by molar-refractivity contribution is 5.65. The summed E-state index contributed by atoms with van der Waals surface area (Å²) in [6, 6.07) is 1.93. The van der Waals surface area contributed by atoms with Crippen molar-refractivity contribution in [2.45, 2.75) is 18.8 Å². The summed E-state index contributed by atoms with van der Waals surface area (Å²) >= 11 is 0. The fourth-order valence-corrected chi connectivity index (χ4v) is 3.16. The van der Waals surface area contributed by atoms with Gasteiger partial charge in [0.25, 0.3) is 0 Å². The first-order chi connectivity index (χ1) is 10.6. The third-order valence-corrected chi connectivity index (χ3v) is 4.49. The molecule has 0 unspecified atom stereocenters. The van der Waals surface area contributed by atoms with Gasteiger partial charge in [-0.15, -0.1) is 0 Å². The summed E-state index contributed by atoms with van der Waals surface area (Å²) in [5, 5.41) is 9.00. The van der Waals surface area contributed by atoms with Crippen LogP contribution in [0, 0.1) is 0 Å². The predicted molar refractivity (Wildman–Crippen MR) is 83.3 cm³/mol. The van der Waals surface area contributed by atoms with Gasteiger partial charge in [-0.2, -0.15) is 0 Å². The highest BCUT2D eigenvalue weighted by Crippen LogP contribution is 2.32. The number of carboxylic acid groups (broad SMARTS) is 1. The van der Waals surface area contributed by atoms with Crippen molar-refractivity contribution in [2.75, 3.05) is 50.0 Å². The third kappa shape index (κ3) is 3.09. The Morgan fingerprint density at radius 1 is 1.27 bits per heavy atom. The van der Waals surface area contributed by atoms with E-state index in [1.807, 2.05) is 12.3 Å². The number of hydrogen-bond donors (Lipinski definition) is 2. The number of pyridine rings is 1. The minimum Gasteiger partial charge on any atom is -0.465 e. The Morgan fingerprint density at radius 3 is 2.55 bits per heavy atom. The monoisotopic (exact) mass is 306 g/mol. The van der Waals surface area contributed by atoms with E-state index in [2.05, 4.69) is 9.88 Å². The second kappa shape index (κ2) is 6.39. The van der Waals surface area contributed by atoms with E-state index in [9.17, 15) is 4.79 Å². The number of nitrogen functional groups attached to an aromatic ring is 1. The molecule has 0 atom stereocenters. The number of carbonyl (C=O) groups is 1. The van der Waals surface area contributed by atoms with E-state index in [0.717, 1.165) is 56.2 Å². The van der Waals surface area contributed by atoms with Gasteiger partial charge in [0.1, 0.15) is 5.82 Å². The van der Waals surface area contributed by atoms with Gasteiger partial charge in [-0.1, -0.05) is 0 Å². The molecule has 1 aromatic rings. The maximum atomic E-state index is 11.0. The first kappa shape index (κ1) is 14.9. The summed E-state index contributed by atoms with van der Waals surface area (Å²) in [6.45, 7) is 4.23. The molecule has 7 heteroatoms. The number of ether oxygens (including phenoxy) is 1. The number of piperidine rings is 1. The van der Waals surface area contributed by atoms with Crippen LogP contribution in [-0.4, -0.2) is 60.5 Å². The van der Waals surface area contributed by atoms with E-state index in [0.29, 0.717) is 19.0 Å². The summed E-state index contributed by atoms with van der Waals surface area (Å²) < 4.78 is 5.35. The zero-order valence-electron chi connectivity index (χ0n) is 12.6. The van der Waals surface area contributed by atoms with E-state index in [-0.39, 0.29) is 0 Å². The topological polar surface area (TPSA) is 91.9 Å². The molecule has 2 saturated heterocycles. The van der Waals surface area contributed by atoms with Gasteiger partial charge in [0, 0.05) is 44.1 Å². The average Bonchev–Trinajstić information content (AvgIpc) is 2.56. The molecule has 1 amide bonds. The van der Waals surface area contributed by atoms with Crippen LogP contribution in [0.15, 0.2) is 12.3 Å². The summed E-state index contributed by atoms with van der Waals surface area (Å²) in [5.74, 6) is 1.19. The SMILES string of the molecule is Nc1cc(N2CCOCC2)ncc1C1CCN(C(=O)O)CC1. The fraction of sp³-hybridized carbons (Fsp3) is 0.600. The Morgan fingerprint density at radius 2 is 1.95 bits per heavy atom. The number of likely N-dealkylation sites (tertiary alicyclic amines) is 1. The van der Waals surface area contributed by atoms with Gasteiger partial charge in [-0.3, -0.25) is 0 Å². The van der Waals surface area contributed by atoms with Crippen LogP contribution in [0.25, 0.3) is 0 Å². The summed E-state index contributed by atoms with van der Waals surface area (Å²) in [7, 11) is 0. The van der Waals surface area contributed by atoms with Crippen molar-refractivity contribution < 1.29 is 14.6 Å². The zero-order valence-corrected chi connectivity index (χ0v) is 12.6. The van der Waals surface area contributed by atoms with Crippen molar-refractivity contribution in [2.24, 2.45) is 0 Å². The van der Waals surface area contributed by atoms with E-state index >= 15 is 0 Å². The lowest BCUT2D eigenvalue weighted by atomic mass is 9.89. The van der Waals surface area contributed by atoms with Crippen LogP contribution in [0.3, 0.4) is 0 Å². The number of hydrogen-bond acceptors (Lipinski definition) is 5. The van der Waals surface area contributed by atoms with Crippen molar-refractivity contribution >= 4 is 17.6 Å². The van der Waals surface area contributed by atoms with Crippen LogP contribution in [-0.2, 0) is 4.74 Å². The maximum Gasteiger partial charge on any atom is 0.407 e. The fourth-order valence-electron chi connectivity index (χ4n) is 3.16. The van der Waals surface area contributed by atoms with E-state index < -0.39 is 6.09 Å². The molecule has 0 aliphatic carbocycles. The van der Waals surface area contributed by atoms with Crippen LogP contribution in [0.1, 0.15) is 24.3 Å². The second-order valence-electron chi connectivity index (χ2n) is 5.81. The number of morpholine rings is 1. The molecule has 1 aromatic heterocycles. The lowest BCUT2D eigenvalue weighted by Crippen LogP contribution is -2.37. The number of rotatable bonds is 2. The smallest absolute Gasteiger partial charge is 0.407 e. The van der Waals surface area contributed by atoms with Gasteiger partial charge in [0.15, 0.2) is 0 Å². The Labute approximate surface area is 129 Å². The molecule has 0 radical (unpaired) electrons. The van der Waals surface area contributed by atoms with Crippen LogP contribution in [0.5, 0.6) is 0 Å². The number of anilines is 2. The highest BCUT2D eigenvalue weighted by atomic mass is 16.5. The van der Waals surface area contributed by atoms with Crippen molar-refractivity contribution in [3.05, 3.63) is 17.8 Å². The van der Waals surface area contributed by atoms with Gasteiger partial charge in [-0.05, 0) is 24.3 Å². The summed E-state index contributed by atoms with van der Waals surface area (Å²) in [4.78, 5) is 19.1. The molecule has 120 valence electrons. The predicted octanol–water partition coefficient (Wildman–Crippen LogP) is 1.36. The number of amides is 1. The normalized spacial score (nSPS) is 20.2. The standard InChI is InChI=1S/C15H22N4O3/c16-13-9-14(18-5-7-22-8-6-18)17-10-12(13)11-1-3-19(4-2-11)15(20)21/h9-11H,1-8H2,(H2,16,17)(H,20,21). The van der Waals surface area contributed by atoms with E-state index in [1.54, 1.807) is 0 Å². The van der Waals surface area contributed by atoms with Crippen molar-refractivity contribution in [1.82, 2.24) is 9.88 Å². The quantitative estimate of drug-likeness (QED) is 0.857. The molecule has 0 saturated carbocycles. The van der Waals surface area contributed by atoms with Gasteiger partial charge >= 0.3 is 6.09 Å². The van der Waals surface area contributed by atoms with Crippen LogP contribution in [0.4, 0.5) is 16.3 Å². The van der Waals surface area contributed by atoms with Gasteiger partial charge < -0.3 is 25.4 Å². The Kier molecular flexibility index (Phi) is 4.33. The molecule has 2 aliphatic heterocycles. The molecule has 0 spiro atoms. The molecule has 3 N–H and O–H groups in total. The number of nitrogens with two attached hydrogens (primary N) is 1. The van der Waals surface area contributed by atoms with E-state index in [1.165, 1.54) is 4.90 Å². The second-order valence-corrected chi connectivity index (χ2v) is 5.81. The maximum absolute atomic E-state index is 11.0. The lowest BCUT2D eigenvalue weighted by Gasteiger charge is -2.31. The molecular formula is C15H22N4O3. The molecule has 0 bridgehead atoms. The first-order valence-corrected chi connectivity index (χ1v) is 7.71. The van der Waals surface area contributed by atoms with Crippen molar-refractivity contribution in [3.8, 4) is 0 Å². The highest BCUT2D eigenvalue weighted by Gasteiger charge is 2.25. The zero-order chi connectivity index (χ0) is 15.5. The minimum atomic E-state index is -0.841. The van der Waals surface area contributed by atoms with Crippen molar-refractivity contribution in [3.63, 3.8) is 0 Å². The molecule has 0 aromatic carbocycles. The molecule has 22 heavy (non-hydrogen) atoms. The Bertz CT molecular complexity index is 538. The molecule has 3 heterocycles. The van der Waals surface area contributed by atoms with E-state index in [4.69, 9.17) is 15.6 Å². The summed E-state index contributed by atoms with van der Waals surface area (Å²) in [5.41, 5.74) is 8.02. The van der Waals surface area contributed by atoms with Gasteiger partial charge in [0.2, 0.25) is 0 Å². The number of nitrogens with zero attached hydrogens (tertiary/aromatic N) is 3. The first-order valence-electron chi connectivity index (χ1n) is 7.71. The Balaban J connectivity index is 1.69. The van der Waals surface area contributed by atoms with Gasteiger partial charge in [-0.25, -0.2) is 9.78 Å². The van der Waals surface area contributed by atoms with Crippen molar-refractivity contribution in [1.29, 1.82) is 0 Å². The number of aromatic nitrogens is 1. The lowest BCUT2D eigenvalue weighted by molar-refractivity contribution is 0.122. The third-order valence-electron chi connectivity index (χ3n) is 4.49. The molecule has 7 nitrogen and oxygen atoms in total. The molecule has 2 fully saturated rings. The van der Waals surface area contributed by atoms with Crippen LogP contribution < -0.4 is 10.6 Å².